The lowest BCUT2D eigenvalue weighted by Gasteiger charge is -2.23. The molecule has 0 unspecified atom stereocenters. The third kappa shape index (κ3) is 3.11. The molecule has 0 radical (unpaired) electrons. The molecule has 5 nitrogen and oxygen atoms in total. The molecule has 100 valence electrons. The first kappa shape index (κ1) is 13.1. The first-order valence-corrected chi connectivity index (χ1v) is 6.51. The van der Waals surface area contributed by atoms with E-state index in [0.29, 0.717) is 0 Å². The number of nitrogens with two attached hydrogens (primary N) is 1. The minimum Gasteiger partial charge on any atom is -0.493 e. The van der Waals surface area contributed by atoms with Gasteiger partial charge in [0, 0.05) is 38.9 Å². The number of hydrogen-bond donors (Lipinski definition) is 1. The van der Waals surface area contributed by atoms with Gasteiger partial charge in [0.25, 0.3) is 0 Å². The molecule has 1 saturated heterocycles. The van der Waals surface area contributed by atoms with Gasteiger partial charge in [-0.1, -0.05) is 0 Å². The summed E-state index contributed by atoms with van der Waals surface area (Å²) in [7, 11) is 1.69. The summed E-state index contributed by atoms with van der Waals surface area (Å²) in [6, 6.07) is 3.87. The van der Waals surface area contributed by atoms with Gasteiger partial charge in [-0.25, -0.2) is 4.98 Å². The van der Waals surface area contributed by atoms with Crippen molar-refractivity contribution in [1.29, 1.82) is 0 Å². The molecule has 1 fully saturated rings. The molecule has 2 rings (SSSR count). The Labute approximate surface area is 109 Å². The molecule has 0 aromatic carbocycles. The molecule has 1 aliphatic heterocycles. The fourth-order valence-electron chi connectivity index (χ4n) is 2.37. The summed E-state index contributed by atoms with van der Waals surface area (Å²) in [5.74, 6) is 1.80. The van der Waals surface area contributed by atoms with Crippen molar-refractivity contribution in [2.45, 2.75) is 6.42 Å². The summed E-state index contributed by atoms with van der Waals surface area (Å²) < 4.78 is 5.38. The quantitative estimate of drug-likeness (QED) is 0.846. The number of nitrogens with zero attached hydrogens (tertiary/aromatic N) is 3. The van der Waals surface area contributed by atoms with Crippen molar-refractivity contribution in [3.63, 3.8) is 0 Å². The van der Waals surface area contributed by atoms with Gasteiger partial charge in [0.05, 0.1) is 7.11 Å². The third-order valence-corrected chi connectivity index (χ3v) is 3.30. The molecule has 1 aliphatic rings. The van der Waals surface area contributed by atoms with E-state index in [1.165, 1.54) is 0 Å². The Morgan fingerprint density at radius 2 is 2.22 bits per heavy atom. The van der Waals surface area contributed by atoms with E-state index in [1.54, 1.807) is 7.11 Å². The molecular weight excluding hydrogens is 228 g/mol. The van der Waals surface area contributed by atoms with Crippen LogP contribution in [0.15, 0.2) is 18.3 Å². The van der Waals surface area contributed by atoms with Gasteiger partial charge in [-0.15, -0.1) is 0 Å². The van der Waals surface area contributed by atoms with Gasteiger partial charge in [-0.2, -0.15) is 0 Å². The van der Waals surface area contributed by atoms with Gasteiger partial charge in [-0.05, 0) is 25.1 Å². The van der Waals surface area contributed by atoms with Crippen LogP contribution in [0.2, 0.25) is 0 Å². The Bertz CT molecular complexity index is 372. The lowest BCUT2D eigenvalue weighted by molar-refractivity contribution is 0.302. The second kappa shape index (κ2) is 6.56. The Balaban J connectivity index is 2.05. The average Bonchev–Trinajstić information content (AvgIpc) is 2.65. The largest absolute Gasteiger partial charge is 0.493 e. The summed E-state index contributed by atoms with van der Waals surface area (Å²) >= 11 is 0. The van der Waals surface area contributed by atoms with Crippen LogP contribution in [0.5, 0.6) is 5.75 Å². The Kier molecular flexibility index (Phi) is 4.78. The number of anilines is 1. The molecule has 18 heavy (non-hydrogen) atoms. The summed E-state index contributed by atoms with van der Waals surface area (Å²) in [5, 5.41) is 0. The molecule has 0 atom stereocenters. The molecule has 0 bridgehead atoms. The van der Waals surface area contributed by atoms with Crippen LogP contribution >= 0.6 is 0 Å². The zero-order valence-electron chi connectivity index (χ0n) is 11.0. The number of hydrogen-bond acceptors (Lipinski definition) is 5. The maximum absolute atomic E-state index is 5.61. The normalized spacial score (nSPS) is 17.6. The van der Waals surface area contributed by atoms with E-state index in [1.807, 2.05) is 18.3 Å². The molecule has 0 saturated carbocycles. The SMILES string of the molecule is COc1cccnc1N1CCCN(CCN)CC1. The first-order valence-electron chi connectivity index (χ1n) is 6.51. The number of ether oxygens (including phenoxy) is 1. The van der Waals surface area contributed by atoms with E-state index >= 15 is 0 Å². The Morgan fingerprint density at radius 3 is 3.00 bits per heavy atom. The van der Waals surface area contributed by atoms with Crippen LogP contribution in [0.25, 0.3) is 0 Å². The van der Waals surface area contributed by atoms with Gasteiger partial charge in [0.2, 0.25) is 0 Å². The highest BCUT2D eigenvalue weighted by atomic mass is 16.5. The molecule has 5 heteroatoms. The third-order valence-electron chi connectivity index (χ3n) is 3.30. The highest BCUT2D eigenvalue weighted by Crippen LogP contribution is 2.25. The van der Waals surface area contributed by atoms with Crippen LogP contribution in [-0.2, 0) is 0 Å². The number of methoxy groups -OCH3 is 1. The van der Waals surface area contributed by atoms with Crippen molar-refractivity contribution in [2.24, 2.45) is 5.73 Å². The topological polar surface area (TPSA) is 54.6 Å². The monoisotopic (exact) mass is 250 g/mol. The van der Waals surface area contributed by atoms with E-state index in [9.17, 15) is 0 Å². The van der Waals surface area contributed by atoms with Crippen LogP contribution in [0, 0.1) is 0 Å². The van der Waals surface area contributed by atoms with Crippen LogP contribution in [0.1, 0.15) is 6.42 Å². The van der Waals surface area contributed by atoms with E-state index in [4.69, 9.17) is 10.5 Å². The van der Waals surface area contributed by atoms with E-state index in [-0.39, 0.29) is 0 Å². The Hall–Kier alpha value is -1.33. The zero-order chi connectivity index (χ0) is 12.8. The second-order valence-corrected chi connectivity index (χ2v) is 4.50. The van der Waals surface area contributed by atoms with E-state index in [0.717, 1.165) is 57.3 Å². The summed E-state index contributed by atoms with van der Waals surface area (Å²) in [6.45, 7) is 5.86. The fourth-order valence-corrected chi connectivity index (χ4v) is 2.37. The van der Waals surface area contributed by atoms with Gasteiger partial charge in [0.1, 0.15) is 0 Å². The number of aromatic nitrogens is 1. The predicted molar refractivity (Wildman–Crippen MR) is 73.1 cm³/mol. The lowest BCUT2D eigenvalue weighted by Crippen LogP contribution is -2.34. The van der Waals surface area contributed by atoms with Gasteiger partial charge < -0.3 is 20.3 Å². The van der Waals surface area contributed by atoms with Crippen molar-refractivity contribution in [1.82, 2.24) is 9.88 Å². The van der Waals surface area contributed by atoms with Crippen LogP contribution < -0.4 is 15.4 Å². The smallest absolute Gasteiger partial charge is 0.171 e. The highest BCUT2D eigenvalue weighted by molar-refractivity contribution is 5.52. The van der Waals surface area contributed by atoms with Crippen LogP contribution in [0.4, 0.5) is 5.82 Å². The molecule has 0 spiro atoms. The zero-order valence-corrected chi connectivity index (χ0v) is 11.0. The molecular formula is C13H22N4O. The van der Waals surface area contributed by atoms with Crippen molar-refractivity contribution >= 4 is 5.82 Å². The van der Waals surface area contributed by atoms with Crippen molar-refractivity contribution < 1.29 is 4.74 Å². The lowest BCUT2D eigenvalue weighted by atomic mass is 10.3. The minimum absolute atomic E-state index is 0.729. The maximum atomic E-state index is 5.61. The maximum Gasteiger partial charge on any atom is 0.171 e. The first-order chi connectivity index (χ1) is 8.85. The molecule has 0 aliphatic carbocycles. The Morgan fingerprint density at radius 1 is 1.33 bits per heavy atom. The van der Waals surface area contributed by atoms with Gasteiger partial charge >= 0.3 is 0 Å². The van der Waals surface area contributed by atoms with E-state index in [2.05, 4.69) is 14.8 Å². The summed E-state index contributed by atoms with van der Waals surface area (Å²) in [6.07, 6.45) is 2.96. The van der Waals surface area contributed by atoms with Gasteiger partial charge in [0.15, 0.2) is 11.6 Å². The fraction of sp³-hybridized carbons (Fsp3) is 0.615. The van der Waals surface area contributed by atoms with Crippen LogP contribution in [0.3, 0.4) is 0 Å². The highest BCUT2D eigenvalue weighted by Gasteiger charge is 2.17. The summed E-state index contributed by atoms with van der Waals surface area (Å²) in [4.78, 5) is 9.16. The standard InChI is InChI=1S/C13H22N4O/c1-18-12-4-2-6-15-13(12)17-8-3-7-16(9-5-14)10-11-17/h2,4,6H,3,5,7-11,14H2,1H3. The second-order valence-electron chi connectivity index (χ2n) is 4.50. The molecule has 2 N–H and O–H groups in total. The average molecular weight is 250 g/mol. The number of pyridine rings is 1. The van der Waals surface area contributed by atoms with Crippen molar-refractivity contribution in [2.75, 3.05) is 51.3 Å². The minimum atomic E-state index is 0.729. The van der Waals surface area contributed by atoms with E-state index < -0.39 is 0 Å². The summed E-state index contributed by atoms with van der Waals surface area (Å²) in [5.41, 5.74) is 5.61. The molecule has 0 amide bonds. The molecule has 1 aromatic rings. The van der Waals surface area contributed by atoms with Crippen molar-refractivity contribution in [3.05, 3.63) is 18.3 Å². The molecule has 1 aromatic heterocycles. The number of rotatable bonds is 4. The predicted octanol–water partition coefficient (Wildman–Crippen LogP) is 0.561. The van der Waals surface area contributed by atoms with Gasteiger partial charge in [-0.3, -0.25) is 0 Å². The van der Waals surface area contributed by atoms with Crippen LogP contribution in [-0.4, -0.2) is 56.3 Å². The molecule has 2 heterocycles. The van der Waals surface area contributed by atoms with Crippen molar-refractivity contribution in [3.8, 4) is 5.75 Å².